The van der Waals surface area contributed by atoms with E-state index in [9.17, 15) is 14.9 Å². The van der Waals surface area contributed by atoms with E-state index in [4.69, 9.17) is 5.73 Å². The van der Waals surface area contributed by atoms with Crippen LogP contribution in [0.25, 0.3) is 0 Å². The minimum atomic E-state index is -0.467. The number of nitro groups is 1. The molecule has 110 valence electrons. The highest BCUT2D eigenvalue weighted by molar-refractivity contribution is 7.09. The van der Waals surface area contributed by atoms with Crippen LogP contribution in [0.5, 0.6) is 0 Å². The number of aromatic nitrogens is 1. The van der Waals surface area contributed by atoms with Crippen LogP contribution in [0.15, 0.2) is 29.6 Å². The summed E-state index contributed by atoms with van der Waals surface area (Å²) in [7, 11) is 0. The number of non-ortho nitro benzene ring substituents is 1. The van der Waals surface area contributed by atoms with Crippen molar-refractivity contribution in [2.45, 2.75) is 13.0 Å². The zero-order valence-corrected chi connectivity index (χ0v) is 11.9. The first-order valence-electron chi connectivity index (χ1n) is 6.26. The van der Waals surface area contributed by atoms with E-state index in [0.717, 1.165) is 5.01 Å². The van der Waals surface area contributed by atoms with E-state index in [2.05, 4.69) is 10.3 Å². The minimum Gasteiger partial charge on any atom is -0.347 e. The Morgan fingerprint density at radius 2 is 2.29 bits per heavy atom. The summed E-state index contributed by atoms with van der Waals surface area (Å²) in [4.78, 5) is 26.3. The molecule has 0 unspecified atom stereocenters. The molecular weight excluding hydrogens is 292 g/mol. The number of nitrogens with one attached hydrogen (secondary N) is 1. The van der Waals surface area contributed by atoms with Crippen molar-refractivity contribution < 1.29 is 9.72 Å². The lowest BCUT2D eigenvalue weighted by Crippen LogP contribution is -2.23. The van der Waals surface area contributed by atoms with Gasteiger partial charge in [-0.1, -0.05) is 12.1 Å². The average molecular weight is 306 g/mol. The maximum atomic E-state index is 11.9. The molecule has 0 aliphatic carbocycles. The van der Waals surface area contributed by atoms with Gasteiger partial charge in [0.05, 0.1) is 9.93 Å². The van der Waals surface area contributed by atoms with Crippen LogP contribution >= 0.6 is 11.3 Å². The van der Waals surface area contributed by atoms with Crippen LogP contribution in [0, 0.1) is 10.1 Å². The average Bonchev–Trinajstić information content (AvgIpc) is 2.94. The van der Waals surface area contributed by atoms with Gasteiger partial charge in [-0.15, -0.1) is 11.3 Å². The maximum absolute atomic E-state index is 11.9. The Balaban J connectivity index is 1.97. The highest BCUT2D eigenvalue weighted by Crippen LogP contribution is 2.13. The van der Waals surface area contributed by atoms with E-state index < -0.39 is 4.92 Å². The Kier molecular flexibility index (Phi) is 4.96. The number of thiazole rings is 1. The third-order valence-corrected chi connectivity index (χ3v) is 3.63. The Morgan fingerprint density at radius 1 is 1.48 bits per heavy atom. The number of carbonyl (C=O) groups is 1. The quantitative estimate of drug-likeness (QED) is 0.620. The SMILES string of the molecule is NCCc1nc(C(=O)NCc2cccc([N+](=O)[O-])c2)cs1. The summed E-state index contributed by atoms with van der Waals surface area (Å²) in [5, 5.41) is 15.9. The number of amides is 1. The molecule has 7 nitrogen and oxygen atoms in total. The molecule has 0 aliphatic heterocycles. The molecule has 3 N–H and O–H groups in total. The first-order valence-corrected chi connectivity index (χ1v) is 7.14. The molecule has 0 saturated heterocycles. The first kappa shape index (κ1) is 15.1. The molecule has 0 atom stereocenters. The molecule has 0 bridgehead atoms. The predicted octanol–water partition coefficient (Wildman–Crippen LogP) is 1.48. The summed E-state index contributed by atoms with van der Waals surface area (Å²) in [6, 6.07) is 6.14. The second kappa shape index (κ2) is 6.91. The van der Waals surface area contributed by atoms with E-state index in [1.54, 1.807) is 17.5 Å². The number of hydrogen-bond donors (Lipinski definition) is 2. The summed E-state index contributed by atoms with van der Waals surface area (Å²) in [5.74, 6) is -0.305. The predicted molar refractivity (Wildman–Crippen MR) is 79.1 cm³/mol. The molecule has 0 aliphatic rings. The number of nitrogens with zero attached hydrogens (tertiary/aromatic N) is 2. The van der Waals surface area contributed by atoms with E-state index in [1.807, 2.05) is 0 Å². The van der Waals surface area contributed by atoms with Gasteiger partial charge in [0.15, 0.2) is 0 Å². The lowest BCUT2D eigenvalue weighted by atomic mass is 10.2. The van der Waals surface area contributed by atoms with E-state index in [0.29, 0.717) is 24.2 Å². The standard InChI is InChI=1S/C13H14N4O3S/c14-5-4-12-16-11(8-21-12)13(18)15-7-9-2-1-3-10(6-9)17(19)20/h1-3,6,8H,4-5,7,14H2,(H,15,18). The van der Waals surface area contributed by atoms with E-state index >= 15 is 0 Å². The lowest BCUT2D eigenvalue weighted by Gasteiger charge is -2.03. The van der Waals surface area contributed by atoms with Crippen molar-refractivity contribution in [2.75, 3.05) is 6.54 Å². The third kappa shape index (κ3) is 4.07. The Hall–Kier alpha value is -2.32. The molecule has 0 saturated carbocycles. The van der Waals surface area contributed by atoms with Crippen molar-refractivity contribution in [1.82, 2.24) is 10.3 Å². The van der Waals surface area contributed by atoms with Crippen LogP contribution in [0.2, 0.25) is 0 Å². The zero-order chi connectivity index (χ0) is 15.2. The number of rotatable bonds is 6. The van der Waals surface area contributed by atoms with Crippen molar-refractivity contribution in [2.24, 2.45) is 5.73 Å². The smallest absolute Gasteiger partial charge is 0.271 e. The summed E-state index contributed by atoms with van der Waals surface area (Å²) in [6.07, 6.45) is 0.642. The number of nitrogens with two attached hydrogens (primary N) is 1. The normalized spacial score (nSPS) is 10.3. The van der Waals surface area contributed by atoms with E-state index in [1.165, 1.54) is 23.5 Å². The fourth-order valence-electron chi connectivity index (χ4n) is 1.71. The summed E-state index contributed by atoms with van der Waals surface area (Å²) in [5.41, 5.74) is 6.43. The second-order valence-electron chi connectivity index (χ2n) is 4.27. The van der Waals surface area contributed by atoms with Gasteiger partial charge in [-0.25, -0.2) is 4.98 Å². The van der Waals surface area contributed by atoms with Crippen LogP contribution < -0.4 is 11.1 Å². The molecular formula is C13H14N4O3S. The van der Waals surface area contributed by atoms with Gasteiger partial charge in [-0.2, -0.15) is 0 Å². The highest BCUT2D eigenvalue weighted by atomic mass is 32.1. The molecule has 0 spiro atoms. The van der Waals surface area contributed by atoms with Gasteiger partial charge < -0.3 is 11.1 Å². The molecule has 2 aromatic rings. The van der Waals surface area contributed by atoms with Gasteiger partial charge in [0.1, 0.15) is 5.69 Å². The van der Waals surface area contributed by atoms with Crippen molar-refractivity contribution in [3.63, 3.8) is 0 Å². The molecule has 1 aromatic carbocycles. The van der Waals surface area contributed by atoms with Gasteiger partial charge in [0.25, 0.3) is 11.6 Å². The Labute approximate surface area is 125 Å². The number of carbonyl (C=O) groups excluding carboxylic acids is 1. The summed E-state index contributed by atoms with van der Waals surface area (Å²) >= 11 is 1.39. The molecule has 2 rings (SSSR count). The maximum Gasteiger partial charge on any atom is 0.271 e. The van der Waals surface area contributed by atoms with Gasteiger partial charge >= 0.3 is 0 Å². The topological polar surface area (TPSA) is 111 Å². The van der Waals surface area contributed by atoms with Crippen molar-refractivity contribution in [1.29, 1.82) is 0 Å². The Bertz CT molecular complexity index is 656. The highest BCUT2D eigenvalue weighted by Gasteiger charge is 2.11. The fraction of sp³-hybridized carbons (Fsp3) is 0.231. The number of nitro benzene ring substituents is 1. The van der Waals surface area contributed by atoms with Crippen LogP contribution in [0.1, 0.15) is 21.1 Å². The third-order valence-electron chi connectivity index (χ3n) is 2.72. The Morgan fingerprint density at radius 3 is 3.00 bits per heavy atom. The van der Waals surface area contributed by atoms with Crippen molar-refractivity contribution >= 4 is 22.9 Å². The van der Waals surface area contributed by atoms with Crippen LogP contribution in [0.4, 0.5) is 5.69 Å². The molecule has 0 radical (unpaired) electrons. The fourth-order valence-corrected chi connectivity index (χ4v) is 2.50. The van der Waals surface area contributed by atoms with Gasteiger partial charge in [-0.3, -0.25) is 14.9 Å². The van der Waals surface area contributed by atoms with Crippen molar-refractivity contribution in [3.8, 4) is 0 Å². The zero-order valence-electron chi connectivity index (χ0n) is 11.1. The largest absolute Gasteiger partial charge is 0.347 e. The summed E-state index contributed by atoms with van der Waals surface area (Å²) < 4.78 is 0. The minimum absolute atomic E-state index is 0.000592. The van der Waals surface area contributed by atoms with Gasteiger partial charge in [0.2, 0.25) is 0 Å². The molecule has 1 heterocycles. The van der Waals surface area contributed by atoms with Crippen LogP contribution in [0.3, 0.4) is 0 Å². The van der Waals surface area contributed by atoms with E-state index in [-0.39, 0.29) is 18.1 Å². The van der Waals surface area contributed by atoms with Crippen LogP contribution in [-0.2, 0) is 13.0 Å². The number of benzene rings is 1. The summed E-state index contributed by atoms with van der Waals surface area (Å²) in [6.45, 7) is 0.701. The lowest BCUT2D eigenvalue weighted by molar-refractivity contribution is -0.384. The van der Waals surface area contributed by atoms with Crippen LogP contribution in [-0.4, -0.2) is 22.4 Å². The van der Waals surface area contributed by atoms with Crippen molar-refractivity contribution in [3.05, 3.63) is 56.0 Å². The second-order valence-corrected chi connectivity index (χ2v) is 5.22. The molecule has 0 fully saturated rings. The molecule has 1 aromatic heterocycles. The van der Waals surface area contributed by atoms with Gasteiger partial charge in [-0.05, 0) is 12.1 Å². The molecule has 8 heteroatoms. The monoisotopic (exact) mass is 306 g/mol. The number of hydrogen-bond acceptors (Lipinski definition) is 6. The molecule has 1 amide bonds. The first-order chi connectivity index (χ1) is 10.1. The van der Waals surface area contributed by atoms with Gasteiger partial charge in [0, 0.05) is 30.5 Å². The molecule has 21 heavy (non-hydrogen) atoms.